The lowest BCUT2D eigenvalue weighted by Gasteiger charge is -2.48. The third kappa shape index (κ3) is 4.82. The summed E-state index contributed by atoms with van der Waals surface area (Å²) in [6, 6.07) is 0. The van der Waals surface area contributed by atoms with Crippen LogP contribution in [0.1, 0.15) is 0 Å². The molecule has 13 N–H and O–H groups in total. The molecular formula is C18H32O17. The highest BCUT2D eigenvalue weighted by Crippen LogP contribution is 2.37. The second-order valence-corrected chi connectivity index (χ2v) is 8.80. The van der Waals surface area contributed by atoms with Crippen molar-refractivity contribution in [1.82, 2.24) is 0 Å². The Morgan fingerprint density at radius 3 is 1.66 bits per heavy atom. The molecule has 0 aromatic heterocycles. The van der Waals surface area contributed by atoms with Gasteiger partial charge in [-0.15, -0.1) is 0 Å². The fourth-order valence-electron chi connectivity index (χ4n) is 4.24. The lowest BCUT2D eigenvalue weighted by atomic mass is 9.82. The molecule has 2 saturated heterocycles. The van der Waals surface area contributed by atoms with Gasteiger partial charge in [-0.3, -0.25) is 0 Å². The Morgan fingerprint density at radius 2 is 1.17 bits per heavy atom. The van der Waals surface area contributed by atoms with Crippen LogP contribution in [0.3, 0.4) is 0 Å². The third-order valence-electron chi connectivity index (χ3n) is 6.56. The summed E-state index contributed by atoms with van der Waals surface area (Å²) >= 11 is 0. The number of hydrogen-bond acceptors (Lipinski definition) is 17. The molecule has 0 radical (unpaired) electrons. The summed E-state index contributed by atoms with van der Waals surface area (Å²) in [6.45, 7) is -2.89. The van der Waals surface area contributed by atoms with Gasteiger partial charge in [-0.05, 0) is 0 Å². The highest BCUT2D eigenvalue weighted by atomic mass is 16.8. The van der Waals surface area contributed by atoms with E-state index in [2.05, 4.69) is 0 Å². The summed E-state index contributed by atoms with van der Waals surface area (Å²) < 4.78 is 20.8. The van der Waals surface area contributed by atoms with Crippen LogP contribution in [0.25, 0.3) is 0 Å². The van der Waals surface area contributed by atoms with E-state index in [9.17, 15) is 66.4 Å². The summed E-state index contributed by atoms with van der Waals surface area (Å²) in [7, 11) is 0. The van der Waals surface area contributed by atoms with E-state index < -0.39 is 111 Å². The first-order valence-corrected chi connectivity index (χ1v) is 10.7. The van der Waals surface area contributed by atoms with E-state index in [0.29, 0.717) is 0 Å². The lowest BCUT2D eigenvalue weighted by Crippen LogP contribution is -2.72. The van der Waals surface area contributed by atoms with E-state index in [1.54, 1.807) is 0 Å². The van der Waals surface area contributed by atoms with Crippen molar-refractivity contribution < 1.29 is 85.3 Å². The number of aliphatic hydroxyl groups is 13. The van der Waals surface area contributed by atoms with Crippen LogP contribution in [0.2, 0.25) is 0 Å². The van der Waals surface area contributed by atoms with Crippen LogP contribution in [0, 0.1) is 0 Å². The van der Waals surface area contributed by atoms with E-state index in [4.69, 9.17) is 18.9 Å². The molecule has 1 aliphatic carbocycles. The lowest BCUT2D eigenvalue weighted by molar-refractivity contribution is -0.397. The molecular weight excluding hydrogens is 488 g/mol. The molecule has 0 aromatic rings. The number of ether oxygens (including phenoxy) is 4. The van der Waals surface area contributed by atoms with Gasteiger partial charge in [-0.25, -0.2) is 0 Å². The van der Waals surface area contributed by atoms with Gasteiger partial charge in [0.25, 0.3) is 0 Å². The third-order valence-corrected chi connectivity index (χ3v) is 6.56. The Bertz CT molecular complexity index is 697. The zero-order chi connectivity index (χ0) is 26.5. The average molecular weight is 520 g/mol. The fraction of sp³-hybridized carbons (Fsp3) is 1.00. The Labute approximate surface area is 197 Å². The van der Waals surface area contributed by atoms with Crippen LogP contribution in [0.4, 0.5) is 0 Å². The van der Waals surface area contributed by atoms with Gasteiger partial charge in [0.2, 0.25) is 11.6 Å². The van der Waals surface area contributed by atoms with Gasteiger partial charge >= 0.3 is 0 Å². The summed E-state index contributed by atoms with van der Waals surface area (Å²) in [5.74, 6) is -5.53. The van der Waals surface area contributed by atoms with Gasteiger partial charge in [-0.1, -0.05) is 0 Å². The van der Waals surface area contributed by atoms with Gasteiger partial charge in [0.15, 0.2) is 6.29 Å². The summed E-state index contributed by atoms with van der Waals surface area (Å²) in [6.07, 6.45) is -25.8. The maximum absolute atomic E-state index is 10.5. The first kappa shape index (κ1) is 28.9. The molecule has 1 saturated carbocycles. The van der Waals surface area contributed by atoms with Gasteiger partial charge in [0.05, 0.1) is 13.2 Å². The van der Waals surface area contributed by atoms with Gasteiger partial charge in [0.1, 0.15) is 79.9 Å². The van der Waals surface area contributed by atoms with Crippen molar-refractivity contribution in [1.29, 1.82) is 0 Å². The minimum Gasteiger partial charge on any atom is -0.394 e. The predicted molar refractivity (Wildman–Crippen MR) is 102 cm³/mol. The number of rotatable bonds is 7. The molecule has 0 amide bonds. The molecule has 17 heteroatoms. The fourth-order valence-corrected chi connectivity index (χ4v) is 4.24. The largest absolute Gasteiger partial charge is 0.394 e. The van der Waals surface area contributed by atoms with E-state index in [-0.39, 0.29) is 0 Å². The van der Waals surface area contributed by atoms with Crippen LogP contribution >= 0.6 is 0 Å². The number of aliphatic hydroxyl groups excluding tert-OH is 12. The Hall–Kier alpha value is -0.680. The summed E-state index contributed by atoms with van der Waals surface area (Å²) in [5, 5.41) is 130. The minimum atomic E-state index is -3.09. The zero-order valence-electron chi connectivity index (χ0n) is 18.1. The van der Waals surface area contributed by atoms with Crippen molar-refractivity contribution in [2.45, 2.75) is 91.1 Å². The van der Waals surface area contributed by atoms with Crippen molar-refractivity contribution in [2.75, 3.05) is 19.8 Å². The smallest absolute Gasteiger partial charge is 0.224 e. The standard InChI is InChI=1S/C18H32O17/c19-1-4-7(22)13(28)17(3-20,34-4)35-16-12(27)8(23)6(21)5(33-16)2-32-18(31)14(29)10(25)9(24)11(26)15(18)30/h4-16,19-31H,1-3H2/t4-,5-,6-,7-,8+,9-,10-,11+,12-,13+,14-,15-,16-,17+,18-/m1/s1. The first-order valence-electron chi connectivity index (χ1n) is 10.7. The van der Waals surface area contributed by atoms with Crippen LogP contribution in [-0.4, -0.2) is 177 Å². The zero-order valence-corrected chi connectivity index (χ0v) is 18.1. The monoisotopic (exact) mass is 520 g/mol. The molecule has 2 heterocycles. The molecule has 35 heavy (non-hydrogen) atoms. The summed E-state index contributed by atoms with van der Waals surface area (Å²) in [5.41, 5.74) is 0. The highest BCUT2D eigenvalue weighted by Gasteiger charge is 2.61. The molecule has 2 aliphatic heterocycles. The second-order valence-electron chi connectivity index (χ2n) is 8.80. The molecule has 3 aliphatic rings. The van der Waals surface area contributed by atoms with E-state index in [1.165, 1.54) is 0 Å². The Balaban J connectivity index is 1.76. The van der Waals surface area contributed by atoms with Crippen molar-refractivity contribution >= 4 is 0 Å². The maximum atomic E-state index is 10.5. The molecule has 17 nitrogen and oxygen atoms in total. The van der Waals surface area contributed by atoms with Crippen LogP contribution in [0.15, 0.2) is 0 Å². The average Bonchev–Trinajstić information content (AvgIpc) is 3.09. The van der Waals surface area contributed by atoms with Gasteiger partial charge < -0.3 is 85.3 Å². The molecule has 0 bridgehead atoms. The van der Waals surface area contributed by atoms with Crippen molar-refractivity contribution in [3.63, 3.8) is 0 Å². The molecule has 15 atom stereocenters. The molecule has 0 spiro atoms. The van der Waals surface area contributed by atoms with Crippen molar-refractivity contribution in [3.05, 3.63) is 0 Å². The van der Waals surface area contributed by atoms with Crippen LogP contribution in [0.5, 0.6) is 0 Å². The van der Waals surface area contributed by atoms with Crippen LogP contribution in [-0.2, 0) is 18.9 Å². The minimum absolute atomic E-state index is 0.787. The second kappa shape index (κ2) is 10.6. The quantitative estimate of drug-likeness (QED) is 0.139. The van der Waals surface area contributed by atoms with Gasteiger partial charge in [0, 0.05) is 0 Å². The summed E-state index contributed by atoms with van der Waals surface area (Å²) in [4.78, 5) is 0. The van der Waals surface area contributed by atoms with E-state index >= 15 is 0 Å². The highest BCUT2D eigenvalue weighted by molar-refractivity contribution is 5.04. The Kier molecular flexibility index (Phi) is 8.74. The molecule has 3 fully saturated rings. The first-order chi connectivity index (χ1) is 16.3. The topological polar surface area (TPSA) is 300 Å². The maximum Gasteiger partial charge on any atom is 0.224 e. The molecule has 0 unspecified atom stereocenters. The van der Waals surface area contributed by atoms with Crippen molar-refractivity contribution in [3.8, 4) is 0 Å². The number of hydrogen-bond donors (Lipinski definition) is 13. The Morgan fingerprint density at radius 1 is 0.629 bits per heavy atom. The molecule has 0 aromatic carbocycles. The normalized spacial score (nSPS) is 55.3. The van der Waals surface area contributed by atoms with Crippen molar-refractivity contribution in [2.24, 2.45) is 0 Å². The van der Waals surface area contributed by atoms with Gasteiger partial charge in [-0.2, -0.15) is 0 Å². The molecule has 206 valence electrons. The SMILES string of the molecule is OC[C@H]1O[C@@](CO)(O[C@H]2O[C@H](CO[C@]3(O)[C@H](O)[C@H](O)[C@@H](O)[C@H](O)[C@H]3O)[C@@H](O)[C@H](O)[C@H]2O)[C@@H](O)[C@@H]1O. The van der Waals surface area contributed by atoms with Crippen LogP contribution < -0.4 is 0 Å². The predicted octanol–water partition coefficient (Wildman–Crippen LogP) is -8.86. The van der Waals surface area contributed by atoms with E-state index in [0.717, 1.165) is 0 Å². The molecule has 3 rings (SSSR count). The van der Waals surface area contributed by atoms with E-state index in [1.807, 2.05) is 0 Å².